The van der Waals surface area contributed by atoms with Gasteiger partial charge in [-0.3, -0.25) is 4.79 Å². The maximum atomic E-state index is 12.1. The first-order valence-corrected chi connectivity index (χ1v) is 8.69. The molecule has 1 aromatic rings. The molecule has 0 unspecified atom stereocenters. The summed E-state index contributed by atoms with van der Waals surface area (Å²) in [6.45, 7) is 4.04. The summed E-state index contributed by atoms with van der Waals surface area (Å²) < 4.78 is 0. The Morgan fingerprint density at radius 3 is 2.50 bits per heavy atom. The van der Waals surface area contributed by atoms with Gasteiger partial charge < -0.3 is 31.5 Å². The summed E-state index contributed by atoms with van der Waals surface area (Å²) in [6.07, 6.45) is 0.737. The van der Waals surface area contributed by atoms with Crippen molar-refractivity contribution < 1.29 is 9.59 Å². The van der Waals surface area contributed by atoms with Crippen LogP contribution < -0.4 is 21.7 Å². The lowest BCUT2D eigenvalue weighted by Gasteiger charge is -2.25. The number of hydrogen-bond donors (Lipinski definition) is 4. The summed E-state index contributed by atoms with van der Waals surface area (Å²) in [5.41, 5.74) is 8.44. The Kier molecular flexibility index (Phi) is 6.71. The van der Waals surface area contributed by atoms with Crippen LogP contribution in [0.3, 0.4) is 0 Å². The van der Waals surface area contributed by atoms with E-state index < -0.39 is 6.03 Å². The molecular formula is C18H28N6O2. The molecule has 3 amide bonds. The van der Waals surface area contributed by atoms with Gasteiger partial charge in [0.15, 0.2) is 0 Å². The Hall–Kier alpha value is -2.90. The lowest BCUT2D eigenvalue weighted by molar-refractivity contribution is -0.118. The van der Waals surface area contributed by atoms with Crippen LogP contribution in [0.2, 0.25) is 0 Å². The first-order chi connectivity index (χ1) is 12.5. The number of carbonyl (C=O) groups is 2. The van der Waals surface area contributed by atoms with Gasteiger partial charge in [-0.25, -0.2) is 4.79 Å². The minimum atomic E-state index is -0.455. The zero-order valence-corrected chi connectivity index (χ0v) is 15.6. The van der Waals surface area contributed by atoms with Crippen LogP contribution in [0.15, 0.2) is 35.8 Å². The van der Waals surface area contributed by atoms with Crippen molar-refractivity contribution in [2.75, 3.05) is 40.4 Å². The summed E-state index contributed by atoms with van der Waals surface area (Å²) in [4.78, 5) is 27.4. The molecule has 0 spiro atoms. The lowest BCUT2D eigenvalue weighted by Crippen LogP contribution is -2.43. The zero-order chi connectivity index (χ0) is 19.1. The molecule has 1 heterocycles. The van der Waals surface area contributed by atoms with Crippen molar-refractivity contribution in [2.24, 2.45) is 5.73 Å². The van der Waals surface area contributed by atoms with Gasteiger partial charge in [0.1, 0.15) is 11.5 Å². The molecule has 0 fully saturated rings. The highest BCUT2D eigenvalue weighted by Crippen LogP contribution is 2.13. The number of nitrogens with two attached hydrogens (primary N) is 1. The van der Waals surface area contributed by atoms with Gasteiger partial charge >= 0.3 is 6.03 Å². The second kappa shape index (κ2) is 8.98. The molecular weight excluding hydrogens is 332 g/mol. The highest BCUT2D eigenvalue weighted by Gasteiger charge is 2.27. The van der Waals surface area contributed by atoms with E-state index in [1.807, 2.05) is 11.8 Å². The summed E-state index contributed by atoms with van der Waals surface area (Å²) in [5.74, 6) is 0.499. The van der Waals surface area contributed by atoms with Crippen LogP contribution in [0.5, 0.6) is 0 Å². The van der Waals surface area contributed by atoms with Crippen molar-refractivity contribution in [2.45, 2.75) is 13.3 Å². The van der Waals surface area contributed by atoms with E-state index >= 15 is 0 Å². The highest BCUT2D eigenvalue weighted by atomic mass is 16.2. The molecule has 8 heteroatoms. The Morgan fingerprint density at radius 1 is 1.23 bits per heavy atom. The number of urea groups is 1. The number of amides is 3. The maximum absolute atomic E-state index is 12.1. The number of hydrogen-bond acceptors (Lipinski definition) is 5. The minimum Gasteiger partial charge on any atom is -0.373 e. The maximum Gasteiger partial charge on any atom is 0.314 e. The molecule has 26 heavy (non-hydrogen) atoms. The Bertz CT molecular complexity index is 671. The fourth-order valence-electron chi connectivity index (χ4n) is 2.86. The van der Waals surface area contributed by atoms with Crippen LogP contribution >= 0.6 is 0 Å². The number of benzene rings is 1. The fourth-order valence-corrected chi connectivity index (χ4v) is 2.86. The van der Waals surface area contributed by atoms with Crippen LogP contribution in [0.25, 0.3) is 0 Å². The van der Waals surface area contributed by atoms with Gasteiger partial charge in [-0.15, -0.1) is 0 Å². The van der Waals surface area contributed by atoms with E-state index in [1.54, 1.807) is 19.0 Å². The third-order valence-corrected chi connectivity index (χ3v) is 4.43. The van der Waals surface area contributed by atoms with Gasteiger partial charge in [-0.05, 0) is 18.9 Å². The van der Waals surface area contributed by atoms with E-state index in [0.717, 1.165) is 12.0 Å². The van der Waals surface area contributed by atoms with E-state index in [0.29, 0.717) is 37.8 Å². The molecule has 0 aromatic heterocycles. The van der Waals surface area contributed by atoms with E-state index in [-0.39, 0.29) is 5.91 Å². The third kappa shape index (κ3) is 4.81. The van der Waals surface area contributed by atoms with E-state index in [2.05, 4.69) is 40.2 Å². The average Bonchev–Trinajstić information content (AvgIpc) is 3.05. The topological polar surface area (TPSA) is 103 Å². The second-order valence-electron chi connectivity index (χ2n) is 6.21. The third-order valence-electron chi connectivity index (χ3n) is 4.43. The zero-order valence-electron chi connectivity index (χ0n) is 15.6. The van der Waals surface area contributed by atoms with Crippen LogP contribution in [0.1, 0.15) is 11.1 Å². The van der Waals surface area contributed by atoms with Gasteiger partial charge in [0, 0.05) is 33.7 Å². The Balaban J connectivity index is 1.95. The molecule has 0 saturated carbocycles. The van der Waals surface area contributed by atoms with E-state index in [4.69, 9.17) is 5.73 Å². The molecule has 5 N–H and O–H groups in total. The van der Waals surface area contributed by atoms with Crippen LogP contribution in [0.4, 0.5) is 4.79 Å². The van der Waals surface area contributed by atoms with Crippen molar-refractivity contribution in [3.8, 4) is 0 Å². The smallest absolute Gasteiger partial charge is 0.314 e. The van der Waals surface area contributed by atoms with Gasteiger partial charge in [-0.1, -0.05) is 29.8 Å². The SMILES string of the molecule is CNC(=O)C1=C(NC)NCN1CCN(CCc1ccc(C)cc1)C(N)=O. The number of carbonyl (C=O) groups excluding carboxylic acids is 2. The Morgan fingerprint density at radius 2 is 1.92 bits per heavy atom. The highest BCUT2D eigenvalue weighted by molar-refractivity contribution is 5.93. The number of nitrogens with one attached hydrogen (secondary N) is 3. The van der Waals surface area contributed by atoms with Crippen LogP contribution in [-0.2, 0) is 11.2 Å². The number of primary amides is 1. The van der Waals surface area contributed by atoms with Gasteiger partial charge in [0.25, 0.3) is 5.91 Å². The minimum absolute atomic E-state index is 0.176. The molecule has 8 nitrogen and oxygen atoms in total. The molecule has 1 aliphatic rings. The monoisotopic (exact) mass is 360 g/mol. The van der Waals surface area contributed by atoms with Gasteiger partial charge in [0.2, 0.25) is 0 Å². The van der Waals surface area contributed by atoms with Crippen molar-refractivity contribution in [1.82, 2.24) is 25.8 Å². The van der Waals surface area contributed by atoms with Crippen LogP contribution in [-0.4, -0.2) is 62.1 Å². The molecule has 1 aromatic carbocycles. The molecule has 0 atom stereocenters. The molecule has 1 aliphatic heterocycles. The molecule has 0 radical (unpaired) electrons. The lowest BCUT2D eigenvalue weighted by atomic mass is 10.1. The van der Waals surface area contributed by atoms with E-state index in [9.17, 15) is 9.59 Å². The van der Waals surface area contributed by atoms with Gasteiger partial charge in [0.05, 0.1) is 6.67 Å². The number of aryl methyl sites for hydroxylation is 1. The standard InChI is InChI=1S/C18H28N6O2/c1-13-4-6-14(7-5-13)8-9-23(18(19)26)10-11-24-12-22-16(20-2)15(24)17(25)21-3/h4-7,20,22H,8-12H2,1-3H3,(H2,19,26)(H,21,25). The molecule has 0 aliphatic carbocycles. The van der Waals surface area contributed by atoms with Crippen molar-refractivity contribution in [3.63, 3.8) is 0 Å². The predicted molar refractivity (Wildman–Crippen MR) is 101 cm³/mol. The average molecular weight is 360 g/mol. The van der Waals surface area contributed by atoms with Crippen molar-refractivity contribution >= 4 is 11.9 Å². The molecule has 2 rings (SSSR count). The predicted octanol–water partition coefficient (Wildman–Crippen LogP) is -0.0846. The fraction of sp³-hybridized carbons (Fsp3) is 0.444. The van der Waals surface area contributed by atoms with Gasteiger partial charge in [-0.2, -0.15) is 0 Å². The normalized spacial score (nSPS) is 13.4. The van der Waals surface area contributed by atoms with E-state index in [1.165, 1.54) is 5.56 Å². The van der Waals surface area contributed by atoms with Crippen molar-refractivity contribution in [1.29, 1.82) is 0 Å². The summed E-state index contributed by atoms with van der Waals surface area (Å²) in [7, 11) is 3.35. The number of nitrogens with zero attached hydrogens (tertiary/aromatic N) is 2. The molecule has 0 bridgehead atoms. The van der Waals surface area contributed by atoms with Crippen molar-refractivity contribution in [3.05, 3.63) is 46.9 Å². The summed E-state index contributed by atoms with van der Waals surface area (Å²) in [6, 6.07) is 7.78. The quantitative estimate of drug-likeness (QED) is 0.519. The number of likely N-dealkylation sites (N-methyl/N-ethyl adjacent to an activating group) is 1. The summed E-state index contributed by atoms with van der Waals surface area (Å²) >= 11 is 0. The molecule has 0 saturated heterocycles. The first-order valence-electron chi connectivity index (χ1n) is 8.69. The first kappa shape index (κ1) is 19.4. The number of rotatable bonds is 8. The second-order valence-corrected chi connectivity index (χ2v) is 6.21. The summed E-state index contributed by atoms with van der Waals surface area (Å²) in [5, 5.41) is 8.76. The largest absolute Gasteiger partial charge is 0.373 e. The molecule has 142 valence electrons. The Labute approximate surface area is 154 Å². The van der Waals surface area contributed by atoms with Crippen LogP contribution in [0, 0.1) is 6.92 Å².